The normalized spacial score (nSPS) is 22.5. The molecule has 2 aromatic rings. The van der Waals surface area contributed by atoms with Crippen molar-refractivity contribution in [1.82, 2.24) is 4.98 Å². The molecule has 0 aliphatic carbocycles. The number of hydrogen-bond acceptors (Lipinski definition) is 6. The first-order valence-electron chi connectivity index (χ1n) is 10.2. The second kappa shape index (κ2) is 8.83. The highest BCUT2D eigenvalue weighted by molar-refractivity contribution is 8.26. The number of halogens is 3. The summed E-state index contributed by atoms with van der Waals surface area (Å²) in [6.45, 7) is 5.53. The van der Waals surface area contributed by atoms with E-state index in [4.69, 9.17) is 17.3 Å². The number of amides is 1. The molecule has 1 amide bonds. The van der Waals surface area contributed by atoms with Crippen LogP contribution in [0.5, 0.6) is 0 Å². The summed E-state index contributed by atoms with van der Waals surface area (Å²) in [5.41, 5.74) is 4.71. The van der Waals surface area contributed by atoms with Crippen molar-refractivity contribution in [2.45, 2.75) is 43.9 Å². The number of rotatable bonds is 5. The van der Waals surface area contributed by atoms with Gasteiger partial charge in [0.2, 0.25) is 0 Å². The van der Waals surface area contributed by atoms with Gasteiger partial charge in [-0.2, -0.15) is 10.6 Å². The second-order valence-corrected chi connectivity index (χ2v) is 12.0. The highest BCUT2D eigenvalue weighted by Crippen LogP contribution is 2.59. The van der Waals surface area contributed by atoms with Gasteiger partial charge < -0.3 is 11.1 Å². The highest BCUT2D eigenvalue weighted by atomic mass is 35.5. The molecule has 0 radical (unpaired) electrons. The average Bonchev–Trinajstić information content (AvgIpc) is 2.73. The lowest BCUT2D eigenvalue weighted by atomic mass is 9.91. The van der Waals surface area contributed by atoms with E-state index in [1.54, 1.807) is 6.07 Å². The third kappa shape index (κ3) is 4.57. The predicted octanol–water partition coefficient (Wildman–Crippen LogP) is 5.31. The molecule has 1 aromatic carbocycles. The molecule has 1 aliphatic rings. The van der Waals surface area contributed by atoms with Crippen molar-refractivity contribution in [3.63, 3.8) is 0 Å². The third-order valence-electron chi connectivity index (χ3n) is 5.88. The summed E-state index contributed by atoms with van der Waals surface area (Å²) in [6, 6.07) is 5.24. The largest absolute Gasteiger partial charge is 0.386 e. The van der Waals surface area contributed by atoms with E-state index in [1.807, 2.05) is 13.8 Å². The van der Waals surface area contributed by atoms with E-state index >= 15 is 0 Å². The molecule has 0 fully saturated rings. The number of alkyl halides is 1. The molecule has 1 aromatic heterocycles. The molecule has 0 saturated carbocycles. The Kier molecular flexibility index (Phi) is 6.78. The standard InChI is InChI=1S/C22H27ClF2N4O3S/c1-12(2)15-7-13(23)9-27-18(15)19(30)28-14-5-6-17(25)16(8-14)22(10-24)11-33(31,32)21(3,4)20(26)29-22/h5-9,12,31-32H,10-11H2,1-4H3,(H2,26,29)(H,28,30). The van der Waals surface area contributed by atoms with Gasteiger partial charge in [-0.15, -0.1) is 0 Å². The zero-order valence-corrected chi connectivity index (χ0v) is 20.3. The Hall–Kier alpha value is -2.27. The highest BCUT2D eigenvalue weighted by Gasteiger charge is 2.51. The molecule has 3 rings (SSSR count). The fourth-order valence-corrected chi connectivity index (χ4v) is 5.46. The first kappa shape index (κ1) is 25.4. The van der Waals surface area contributed by atoms with Crippen molar-refractivity contribution >= 4 is 39.6 Å². The van der Waals surface area contributed by atoms with Crippen LogP contribution in [0.4, 0.5) is 14.5 Å². The first-order valence-corrected chi connectivity index (χ1v) is 12.3. The number of nitrogens with two attached hydrogens (primary N) is 1. The molecule has 180 valence electrons. The molecule has 1 aliphatic heterocycles. The van der Waals surface area contributed by atoms with Crippen LogP contribution in [0.15, 0.2) is 35.5 Å². The minimum absolute atomic E-state index is 0.0383. The molecule has 7 nitrogen and oxygen atoms in total. The molecule has 33 heavy (non-hydrogen) atoms. The van der Waals surface area contributed by atoms with Crippen LogP contribution >= 0.6 is 22.2 Å². The van der Waals surface area contributed by atoms with Gasteiger partial charge in [-0.25, -0.2) is 13.8 Å². The van der Waals surface area contributed by atoms with Gasteiger partial charge >= 0.3 is 0 Å². The van der Waals surface area contributed by atoms with E-state index in [9.17, 15) is 22.7 Å². The van der Waals surface area contributed by atoms with Crippen molar-refractivity contribution in [3.8, 4) is 0 Å². The first-order chi connectivity index (χ1) is 15.2. The fraction of sp³-hybridized carbons (Fsp3) is 0.409. The summed E-state index contributed by atoms with van der Waals surface area (Å²) < 4.78 is 49.3. The molecule has 0 saturated heterocycles. The Bertz CT molecular complexity index is 1130. The van der Waals surface area contributed by atoms with E-state index < -0.39 is 45.0 Å². The Morgan fingerprint density at radius 3 is 2.58 bits per heavy atom. The molecule has 0 bridgehead atoms. The number of carbonyl (C=O) groups excluding carboxylic acids is 1. The van der Waals surface area contributed by atoms with Crippen LogP contribution in [-0.2, 0) is 5.54 Å². The van der Waals surface area contributed by atoms with Gasteiger partial charge in [0.05, 0.1) is 10.8 Å². The lowest BCUT2D eigenvalue weighted by molar-refractivity contribution is 0.102. The summed E-state index contributed by atoms with van der Waals surface area (Å²) in [5.74, 6) is -2.14. The van der Waals surface area contributed by atoms with Gasteiger partial charge in [0, 0.05) is 17.4 Å². The number of pyridine rings is 1. The second-order valence-electron chi connectivity index (χ2n) is 8.88. The molecule has 2 heterocycles. The quantitative estimate of drug-likeness (QED) is 0.443. The van der Waals surface area contributed by atoms with Crippen molar-refractivity contribution in [1.29, 1.82) is 0 Å². The lowest BCUT2D eigenvalue weighted by Crippen LogP contribution is -2.53. The summed E-state index contributed by atoms with van der Waals surface area (Å²) in [7, 11) is -3.47. The lowest BCUT2D eigenvalue weighted by Gasteiger charge is -2.53. The monoisotopic (exact) mass is 500 g/mol. The van der Waals surface area contributed by atoms with Gasteiger partial charge in [-0.05, 0) is 49.6 Å². The maximum absolute atomic E-state index is 14.9. The van der Waals surface area contributed by atoms with E-state index in [0.29, 0.717) is 10.6 Å². The maximum Gasteiger partial charge on any atom is 0.274 e. The predicted molar refractivity (Wildman–Crippen MR) is 129 cm³/mol. The number of aliphatic imine (C=N–C) groups is 1. The summed E-state index contributed by atoms with van der Waals surface area (Å²) in [6.07, 6.45) is 1.35. The number of carbonyl (C=O) groups is 1. The van der Waals surface area contributed by atoms with Crippen LogP contribution in [0.3, 0.4) is 0 Å². The Morgan fingerprint density at radius 2 is 2.00 bits per heavy atom. The Balaban J connectivity index is 2.03. The van der Waals surface area contributed by atoms with Gasteiger partial charge in [-0.1, -0.05) is 25.4 Å². The smallest absolute Gasteiger partial charge is 0.274 e. The molecule has 11 heteroatoms. The van der Waals surface area contributed by atoms with Crippen LogP contribution in [0.25, 0.3) is 0 Å². The number of anilines is 1. The van der Waals surface area contributed by atoms with Gasteiger partial charge in [0.1, 0.15) is 34.3 Å². The van der Waals surface area contributed by atoms with Crippen molar-refractivity contribution in [2.24, 2.45) is 10.7 Å². The van der Waals surface area contributed by atoms with Gasteiger partial charge in [0.15, 0.2) is 0 Å². The molecular weight excluding hydrogens is 474 g/mol. The van der Waals surface area contributed by atoms with Crippen LogP contribution in [-0.4, -0.2) is 43.0 Å². The molecular formula is C22H27ClF2N4O3S. The molecule has 1 unspecified atom stereocenters. The number of aromatic nitrogens is 1. The number of benzene rings is 1. The third-order valence-corrected chi connectivity index (χ3v) is 8.81. The topological polar surface area (TPSA) is 121 Å². The van der Waals surface area contributed by atoms with Crippen LogP contribution in [0.1, 0.15) is 55.2 Å². The Labute approximate surface area is 197 Å². The van der Waals surface area contributed by atoms with Crippen LogP contribution < -0.4 is 11.1 Å². The minimum Gasteiger partial charge on any atom is -0.386 e. The number of nitrogens with zero attached hydrogens (tertiary/aromatic N) is 2. The van der Waals surface area contributed by atoms with Crippen LogP contribution in [0.2, 0.25) is 5.02 Å². The van der Waals surface area contributed by atoms with Crippen molar-refractivity contribution < 1.29 is 22.7 Å². The fourth-order valence-electron chi connectivity index (χ4n) is 3.59. The van der Waals surface area contributed by atoms with Crippen LogP contribution in [0, 0.1) is 5.82 Å². The van der Waals surface area contributed by atoms with Crippen molar-refractivity contribution in [2.75, 3.05) is 17.7 Å². The average molecular weight is 501 g/mol. The number of hydrogen-bond donors (Lipinski definition) is 4. The van der Waals surface area contributed by atoms with E-state index in [1.165, 1.54) is 32.2 Å². The van der Waals surface area contributed by atoms with E-state index in [-0.39, 0.29) is 28.7 Å². The maximum atomic E-state index is 14.9. The summed E-state index contributed by atoms with van der Waals surface area (Å²) in [4.78, 5) is 21.2. The number of nitrogens with one attached hydrogen (secondary N) is 1. The molecule has 5 N–H and O–H groups in total. The summed E-state index contributed by atoms with van der Waals surface area (Å²) >= 11 is 6.00. The SMILES string of the molecule is CC(C)c1cc(Cl)cnc1C(=O)Nc1ccc(F)c(C2(CF)CS(O)(O)C(C)(C)C(N)=N2)c1. The summed E-state index contributed by atoms with van der Waals surface area (Å²) in [5, 5.41) is 3.03. The van der Waals surface area contributed by atoms with Crippen molar-refractivity contribution in [3.05, 3.63) is 58.1 Å². The molecule has 0 spiro atoms. The van der Waals surface area contributed by atoms with Gasteiger partial charge in [0.25, 0.3) is 5.91 Å². The zero-order chi connectivity index (χ0) is 24.8. The zero-order valence-electron chi connectivity index (χ0n) is 18.7. The van der Waals surface area contributed by atoms with E-state index in [2.05, 4.69) is 15.3 Å². The van der Waals surface area contributed by atoms with E-state index in [0.717, 1.165) is 6.07 Å². The Morgan fingerprint density at radius 1 is 1.33 bits per heavy atom. The van der Waals surface area contributed by atoms with Gasteiger partial charge in [-0.3, -0.25) is 18.9 Å². The molecule has 1 atom stereocenters. The number of amidine groups is 1. The minimum atomic E-state index is -3.47.